The number of nitrogens with two attached hydrogens (primary N) is 1. The van der Waals surface area contributed by atoms with Crippen LogP contribution < -0.4 is 20.7 Å². The second-order valence-electron chi connectivity index (χ2n) is 8.89. The maximum atomic E-state index is 13.3. The number of piperidine rings is 1. The van der Waals surface area contributed by atoms with Gasteiger partial charge in [-0.2, -0.15) is 13.2 Å². The van der Waals surface area contributed by atoms with Gasteiger partial charge in [0.2, 0.25) is 5.89 Å². The Bertz CT molecular complexity index is 1480. The molecule has 1 saturated heterocycles. The lowest BCUT2D eigenvalue weighted by Crippen LogP contribution is -2.45. The predicted octanol–water partition coefficient (Wildman–Crippen LogP) is 4.54. The first kappa shape index (κ1) is 25.9. The van der Waals surface area contributed by atoms with Gasteiger partial charge in [-0.05, 0) is 44.0 Å². The van der Waals surface area contributed by atoms with Crippen molar-refractivity contribution in [1.82, 2.24) is 20.3 Å². The minimum atomic E-state index is -4.62. The zero-order chi connectivity index (χ0) is 27.0. The molecule has 0 spiro atoms. The summed E-state index contributed by atoms with van der Waals surface area (Å²) in [6.45, 7) is 3.45. The lowest BCUT2D eigenvalue weighted by atomic mass is 10.1. The first-order valence-electron chi connectivity index (χ1n) is 11.9. The molecule has 0 saturated carbocycles. The van der Waals surface area contributed by atoms with Gasteiger partial charge in [0.15, 0.2) is 16.6 Å². The number of halogens is 3. The van der Waals surface area contributed by atoms with Crippen molar-refractivity contribution in [3.05, 3.63) is 52.5 Å². The van der Waals surface area contributed by atoms with E-state index in [-0.39, 0.29) is 41.2 Å². The first-order valence-corrected chi connectivity index (χ1v) is 12.7. The van der Waals surface area contributed by atoms with E-state index in [9.17, 15) is 18.0 Å². The molecular weight excluding hydrogens is 521 g/mol. The maximum absolute atomic E-state index is 13.3. The van der Waals surface area contributed by atoms with Crippen LogP contribution in [-0.2, 0) is 12.7 Å². The third-order valence-electron chi connectivity index (χ3n) is 6.37. The molecule has 0 aliphatic carbocycles. The van der Waals surface area contributed by atoms with E-state index in [1.54, 1.807) is 17.4 Å². The molecule has 1 aliphatic rings. The molecule has 3 aromatic heterocycles. The number of fused-ring (bicyclic) bond motifs is 1. The fourth-order valence-corrected chi connectivity index (χ4v) is 5.25. The number of aryl methyl sites for hydroxylation is 1. The maximum Gasteiger partial charge on any atom is 0.433 e. The third kappa shape index (κ3) is 5.03. The number of benzene rings is 1. The summed E-state index contributed by atoms with van der Waals surface area (Å²) in [7, 11) is 1.35. The fraction of sp³-hybridized carbons (Fsp3) is 0.360. The van der Waals surface area contributed by atoms with E-state index in [1.165, 1.54) is 19.2 Å². The second-order valence-corrected chi connectivity index (χ2v) is 10.1. The van der Waals surface area contributed by atoms with Crippen molar-refractivity contribution in [2.75, 3.05) is 25.1 Å². The third-order valence-corrected chi connectivity index (χ3v) is 7.34. The molecule has 0 unspecified atom stereocenters. The number of thiazole rings is 1. The number of oxazole rings is 1. The topological polar surface area (TPSA) is 119 Å². The Morgan fingerprint density at radius 2 is 2.00 bits per heavy atom. The van der Waals surface area contributed by atoms with Crippen molar-refractivity contribution in [2.24, 2.45) is 5.73 Å². The molecule has 4 heterocycles. The molecule has 1 amide bonds. The molecule has 9 nitrogen and oxygen atoms in total. The smallest absolute Gasteiger partial charge is 0.433 e. The normalized spacial score (nSPS) is 14.7. The van der Waals surface area contributed by atoms with Crippen molar-refractivity contribution >= 4 is 33.3 Å². The van der Waals surface area contributed by atoms with Crippen LogP contribution in [0.3, 0.4) is 0 Å². The Hall–Kier alpha value is -3.71. The van der Waals surface area contributed by atoms with Crippen molar-refractivity contribution in [3.63, 3.8) is 0 Å². The number of alkyl halides is 3. The van der Waals surface area contributed by atoms with Crippen LogP contribution >= 0.6 is 11.3 Å². The molecule has 38 heavy (non-hydrogen) atoms. The summed E-state index contributed by atoms with van der Waals surface area (Å²) in [5.74, 6) is -0.0206. The van der Waals surface area contributed by atoms with Crippen LogP contribution in [0.2, 0.25) is 0 Å². The fourth-order valence-electron chi connectivity index (χ4n) is 4.44. The lowest BCUT2D eigenvalue weighted by molar-refractivity contribution is -0.140. The number of pyridine rings is 1. The molecular formula is C25H25F3N6O3S. The van der Waals surface area contributed by atoms with Crippen LogP contribution in [0.5, 0.6) is 5.75 Å². The van der Waals surface area contributed by atoms with Crippen molar-refractivity contribution in [3.8, 4) is 17.2 Å². The number of methoxy groups -OCH3 is 1. The van der Waals surface area contributed by atoms with Gasteiger partial charge in [-0.25, -0.2) is 15.0 Å². The Kier molecular flexibility index (Phi) is 6.97. The number of hydrogen-bond donors (Lipinski definition) is 2. The van der Waals surface area contributed by atoms with E-state index in [0.29, 0.717) is 10.9 Å². The van der Waals surface area contributed by atoms with E-state index >= 15 is 0 Å². The Labute approximate surface area is 219 Å². The zero-order valence-electron chi connectivity index (χ0n) is 20.6. The van der Waals surface area contributed by atoms with Gasteiger partial charge < -0.3 is 25.1 Å². The van der Waals surface area contributed by atoms with E-state index in [2.05, 4.69) is 25.2 Å². The molecule has 0 bridgehead atoms. The quantitative estimate of drug-likeness (QED) is 0.362. The van der Waals surface area contributed by atoms with Crippen LogP contribution in [-0.4, -0.2) is 47.1 Å². The van der Waals surface area contributed by atoms with E-state index in [1.807, 2.05) is 13.1 Å². The van der Waals surface area contributed by atoms with Gasteiger partial charge in [-0.15, -0.1) is 11.3 Å². The van der Waals surface area contributed by atoms with Gasteiger partial charge in [0, 0.05) is 41.2 Å². The summed E-state index contributed by atoms with van der Waals surface area (Å²) in [6, 6.07) is 5.18. The van der Waals surface area contributed by atoms with Crippen LogP contribution in [0.4, 0.5) is 18.3 Å². The zero-order valence-corrected chi connectivity index (χ0v) is 21.4. The largest absolute Gasteiger partial charge is 0.494 e. The number of rotatable bonds is 6. The highest BCUT2D eigenvalue weighted by Crippen LogP contribution is 2.37. The summed E-state index contributed by atoms with van der Waals surface area (Å²) in [6.07, 6.45) is -1.29. The molecule has 0 radical (unpaired) electrons. The van der Waals surface area contributed by atoms with Crippen LogP contribution in [0.25, 0.3) is 22.4 Å². The number of hydrogen-bond acceptors (Lipinski definition) is 9. The molecule has 1 fully saturated rings. The molecule has 3 N–H and O–H groups in total. The molecule has 13 heteroatoms. The number of amides is 1. The molecule has 1 aliphatic heterocycles. The van der Waals surface area contributed by atoms with E-state index < -0.39 is 17.8 Å². The summed E-state index contributed by atoms with van der Waals surface area (Å²) in [4.78, 5) is 29.1. The van der Waals surface area contributed by atoms with Gasteiger partial charge >= 0.3 is 6.18 Å². The lowest BCUT2D eigenvalue weighted by Gasteiger charge is -2.32. The Morgan fingerprint density at radius 3 is 2.63 bits per heavy atom. The molecule has 0 atom stereocenters. The number of nitrogens with zero attached hydrogens (tertiary/aromatic N) is 4. The van der Waals surface area contributed by atoms with Crippen LogP contribution in [0.15, 0.2) is 34.9 Å². The number of carbonyl (C=O) groups excluding carboxylic acids is 1. The van der Waals surface area contributed by atoms with Gasteiger partial charge in [0.05, 0.1) is 13.7 Å². The highest BCUT2D eigenvalue weighted by atomic mass is 32.1. The number of carbonyl (C=O) groups is 1. The summed E-state index contributed by atoms with van der Waals surface area (Å²) in [5.41, 5.74) is 5.20. The van der Waals surface area contributed by atoms with E-state index in [4.69, 9.17) is 14.9 Å². The Balaban J connectivity index is 1.38. The number of nitrogens with one attached hydrogen (secondary N) is 1. The molecule has 200 valence electrons. The Morgan fingerprint density at radius 1 is 1.24 bits per heavy atom. The second kappa shape index (κ2) is 10.2. The summed E-state index contributed by atoms with van der Waals surface area (Å²) >= 11 is 1.64. The van der Waals surface area contributed by atoms with Gasteiger partial charge in [0.25, 0.3) is 5.91 Å². The minimum Gasteiger partial charge on any atom is -0.494 e. The van der Waals surface area contributed by atoms with Crippen molar-refractivity contribution < 1.29 is 27.1 Å². The average molecular weight is 547 g/mol. The van der Waals surface area contributed by atoms with Gasteiger partial charge in [-0.1, -0.05) is 0 Å². The summed E-state index contributed by atoms with van der Waals surface area (Å²) < 4.78 is 50.8. The first-order chi connectivity index (χ1) is 18.2. The minimum absolute atomic E-state index is 0.000471. The van der Waals surface area contributed by atoms with Crippen LogP contribution in [0.1, 0.15) is 39.7 Å². The van der Waals surface area contributed by atoms with Gasteiger partial charge in [0.1, 0.15) is 17.0 Å². The highest BCUT2D eigenvalue weighted by Gasteiger charge is 2.33. The van der Waals surface area contributed by atoms with Gasteiger partial charge in [-0.3, -0.25) is 4.79 Å². The predicted molar refractivity (Wildman–Crippen MR) is 136 cm³/mol. The SMILES string of the molecule is COc1ccc(-c2nc(C(=O)NC3CCN(c4ncc(C)s4)CC3)c(CN)o2)c2ccc(C(F)(F)F)nc12. The number of aromatic nitrogens is 3. The average Bonchev–Trinajstić information content (AvgIpc) is 3.54. The van der Waals surface area contributed by atoms with Crippen molar-refractivity contribution in [2.45, 2.75) is 38.5 Å². The van der Waals surface area contributed by atoms with Crippen molar-refractivity contribution in [1.29, 1.82) is 0 Å². The monoisotopic (exact) mass is 546 g/mol. The van der Waals surface area contributed by atoms with E-state index in [0.717, 1.165) is 42.0 Å². The number of anilines is 1. The summed E-state index contributed by atoms with van der Waals surface area (Å²) in [5, 5.41) is 4.32. The molecule has 1 aromatic carbocycles. The van der Waals surface area contributed by atoms with Crippen LogP contribution in [0, 0.1) is 6.92 Å². The highest BCUT2D eigenvalue weighted by molar-refractivity contribution is 7.15. The standard InChI is InChI=1S/C25H25F3N6O3S/c1-13-12-30-24(38-13)34-9-7-14(8-10-34)31-22(35)21-18(11-29)37-23(33-21)16-3-5-17(36-2)20-15(16)4-6-19(32-20)25(26,27)28/h3-6,12,14H,7-11,29H2,1-2H3,(H,31,35). The molecule has 4 aromatic rings. The molecule has 5 rings (SSSR count). The number of ether oxygens (including phenoxy) is 1.